The molecule has 29 heavy (non-hydrogen) atoms. The van der Waals surface area contributed by atoms with Crippen LogP contribution >= 0.6 is 0 Å². The van der Waals surface area contributed by atoms with Gasteiger partial charge in [0.1, 0.15) is 6.33 Å². The van der Waals surface area contributed by atoms with Gasteiger partial charge in [-0.25, -0.2) is 14.4 Å². The molecule has 7 nitrogen and oxygen atoms in total. The standard InChI is InChI=1S/C21H25FN6O/c1-4-17-18(22)20(24-13-23-17)28-11-9-27(10-12-28)15(3)21-25-19(26-29-21)16-7-5-14(2)6-8-16/h5-8,13,15H,4,9-12H2,1-3H3. The number of aryl methyl sites for hydroxylation is 2. The summed E-state index contributed by atoms with van der Waals surface area (Å²) >= 11 is 0. The molecule has 4 rings (SSSR count). The summed E-state index contributed by atoms with van der Waals surface area (Å²) in [4.78, 5) is 17.0. The Kier molecular flexibility index (Phi) is 5.53. The number of hydrogen-bond donors (Lipinski definition) is 0. The molecule has 1 fully saturated rings. The molecule has 0 spiro atoms. The van der Waals surface area contributed by atoms with Crippen LogP contribution in [0, 0.1) is 12.7 Å². The fourth-order valence-electron chi connectivity index (χ4n) is 3.56. The third-order valence-electron chi connectivity index (χ3n) is 5.45. The Morgan fingerprint density at radius 3 is 2.52 bits per heavy atom. The molecule has 0 amide bonds. The number of benzene rings is 1. The van der Waals surface area contributed by atoms with Crippen LogP contribution in [0.5, 0.6) is 0 Å². The molecule has 1 aliphatic rings. The van der Waals surface area contributed by atoms with E-state index in [4.69, 9.17) is 4.52 Å². The number of anilines is 1. The maximum Gasteiger partial charge on any atom is 0.244 e. The maximum atomic E-state index is 14.6. The van der Waals surface area contributed by atoms with E-state index in [1.54, 1.807) is 0 Å². The van der Waals surface area contributed by atoms with Crippen molar-refractivity contribution in [2.45, 2.75) is 33.2 Å². The summed E-state index contributed by atoms with van der Waals surface area (Å²) in [7, 11) is 0. The topological polar surface area (TPSA) is 71.2 Å². The van der Waals surface area contributed by atoms with Gasteiger partial charge in [0.15, 0.2) is 11.6 Å². The molecule has 0 radical (unpaired) electrons. The van der Waals surface area contributed by atoms with Crippen molar-refractivity contribution in [3.05, 3.63) is 53.6 Å². The molecule has 0 aliphatic carbocycles. The van der Waals surface area contributed by atoms with Crippen LogP contribution in [0.4, 0.5) is 10.2 Å². The Morgan fingerprint density at radius 2 is 1.83 bits per heavy atom. The minimum atomic E-state index is -0.309. The van der Waals surface area contributed by atoms with Crippen LogP contribution in [-0.2, 0) is 6.42 Å². The van der Waals surface area contributed by atoms with Crippen LogP contribution in [0.3, 0.4) is 0 Å². The molecule has 1 aromatic carbocycles. The van der Waals surface area contributed by atoms with Gasteiger partial charge in [0.25, 0.3) is 0 Å². The molecule has 1 aliphatic heterocycles. The van der Waals surface area contributed by atoms with Gasteiger partial charge in [0.2, 0.25) is 11.7 Å². The average molecular weight is 396 g/mol. The highest BCUT2D eigenvalue weighted by Crippen LogP contribution is 2.26. The van der Waals surface area contributed by atoms with Crippen molar-refractivity contribution in [3.63, 3.8) is 0 Å². The van der Waals surface area contributed by atoms with Gasteiger partial charge in [0, 0.05) is 31.7 Å². The molecular weight excluding hydrogens is 371 g/mol. The third kappa shape index (κ3) is 3.98. The lowest BCUT2D eigenvalue weighted by Crippen LogP contribution is -2.47. The molecule has 3 heterocycles. The van der Waals surface area contributed by atoms with Crippen LogP contribution in [0.15, 0.2) is 35.1 Å². The zero-order chi connectivity index (χ0) is 20.4. The largest absolute Gasteiger partial charge is 0.352 e. The molecule has 3 aromatic rings. The summed E-state index contributed by atoms with van der Waals surface area (Å²) < 4.78 is 20.1. The number of aromatic nitrogens is 4. The highest BCUT2D eigenvalue weighted by molar-refractivity contribution is 5.54. The molecule has 0 bridgehead atoms. The SMILES string of the molecule is CCc1ncnc(N2CCN(C(C)c3nc(-c4ccc(C)cc4)no3)CC2)c1F. The minimum Gasteiger partial charge on any atom is -0.352 e. The Bertz CT molecular complexity index is 966. The number of hydrogen-bond acceptors (Lipinski definition) is 7. The summed E-state index contributed by atoms with van der Waals surface area (Å²) in [5.41, 5.74) is 2.59. The lowest BCUT2D eigenvalue weighted by Gasteiger charge is -2.37. The Morgan fingerprint density at radius 1 is 1.10 bits per heavy atom. The van der Waals surface area contributed by atoms with E-state index < -0.39 is 0 Å². The van der Waals surface area contributed by atoms with Crippen molar-refractivity contribution in [2.75, 3.05) is 31.1 Å². The molecule has 2 aromatic heterocycles. The smallest absolute Gasteiger partial charge is 0.244 e. The van der Waals surface area contributed by atoms with E-state index in [2.05, 4.69) is 31.9 Å². The number of rotatable bonds is 5. The van der Waals surface area contributed by atoms with E-state index in [1.165, 1.54) is 11.9 Å². The molecule has 1 unspecified atom stereocenters. The highest BCUT2D eigenvalue weighted by atomic mass is 19.1. The third-order valence-corrected chi connectivity index (χ3v) is 5.45. The van der Waals surface area contributed by atoms with Crippen LogP contribution in [0.25, 0.3) is 11.4 Å². The van der Waals surface area contributed by atoms with Gasteiger partial charge in [-0.05, 0) is 20.3 Å². The van der Waals surface area contributed by atoms with Gasteiger partial charge in [-0.1, -0.05) is 41.9 Å². The predicted octanol–water partition coefficient (Wildman–Crippen LogP) is 3.42. The summed E-state index contributed by atoms with van der Waals surface area (Å²) in [6.07, 6.45) is 2.00. The van der Waals surface area contributed by atoms with Crippen molar-refractivity contribution in [2.24, 2.45) is 0 Å². The molecular formula is C21H25FN6O. The first-order chi connectivity index (χ1) is 14.1. The van der Waals surface area contributed by atoms with Crippen LogP contribution in [0.2, 0.25) is 0 Å². The van der Waals surface area contributed by atoms with Crippen molar-refractivity contribution in [1.29, 1.82) is 0 Å². The van der Waals surface area contributed by atoms with Crippen LogP contribution in [-0.4, -0.2) is 51.2 Å². The summed E-state index contributed by atoms with van der Waals surface area (Å²) in [5.74, 6) is 1.27. The zero-order valence-corrected chi connectivity index (χ0v) is 17.0. The van der Waals surface area contributed by atoms with E-state index in [0.717, 1.165) is 18.7 Å². The lowest BCUT2D eigenvalue weighted by molar-refractivity contribution is 0.163. The second-order valence-corrected chi connectivity index (χ2v) is 7.33. The molecule has 1 saturated heterocycles. The molecule has 152 valence electrons. The Hall–Kier alpha value is -2.87. The number of halogens is 1. The van der Waals surface area contributed by atoms with Crippen molar-refractivity contribution in [1.82, 2.24) is 25.0 Å². The van der Waals surface area contributed by atoms with E-state index in [-0.39, 0.29) is 11.9 Å². The van der Waals surface area contributed by atoms with Crippen LogP contribution in [0.1, 0.15) is 37.0 Å². The fraction of sp³-hybridized carbons (Fsp3) is 0.429. The van der Waals surface area contributed by atoms with Gasteiger partial charge in [-0.15, -0.1) is 0 Å². The Labute approximate surface area is 169 Å². The summed E-state index contributed by atoms with van der Waals surface area (Å²) in [6, 6.07) is 8.04. The second-order valence-electron chi connectivity index (χ2n) is 7.33. The molecule has 0 N–H and O–H groups in total. The molecule has 1 atom stereocenters. The number of nitrogens with zero attached hydrogens (tertiary/aromatic N) is 6. The van der Waals surface area contributed by atoms with Gasteiger partial charge < -0.3 is 9.42 Å². The van der Waals surface area contributed by atoms with E-state index in [9.17, 15) is 4.39 Å². The fourth-order valence-corrected chi connectivity index (χ4v) is 3.56. The van der Waals surface area contributed by atoms with Gasteiger partial charge in [-0.3, -0.25) is 4.90 Å². The molecule has 8 heteroatoms. The predicted molar refractivity (Wildman–Crippen MR) is 108 cm³/mol. The van der Waals surface area contributed by atoms with Gasteiger partial charge in [-0.2, -0.15) is 4.98 Å². The summed E-state index contributed by atoms with van der Waals surface area (Å²) in [6.45, 7) is 8.87. The van der Waals surface area contributed by atoms with E-state index in [1.807, 2.05) is 43.0 Å². The first-order valence-electron chi connectivity index (χ1n) is 9.95. The van der Waals surface area contributed by atoms with Crippen LogP contribution < -0.4 is 4.90 Å². The molecule has 0 saturated carbocycles. The monoisotopic (exact) mass is 396 g/mol. The second kappa shape index (κ2) is 8.24. The van der Waals surface area contributed by atoms with Crippen molar-refractivity contribution in [3.8, 4) is 11.4 Å². The normalized spacial score (nSPS) is 16.2. The quantitative estimate of drug-likeness (QED) is 0.654. The zero-order valence-electron chi connectivity index (χ0n) is 17.0. The van der Waals surface area contributed by atoms with Gasteiger partial charge in [0.05, 0.1) is 11.7 Å². The average Bonchev–Trinajstić information content (AvgIpc) is 3.24. The number of piperazine rings is 1. The summed E-state index contributed by atoms with van der Waals surface area (Å²) in [5, 5.41) is 4.14. The lowest BCUT2D eigenvalue weighted by atomic mass is 10.1. The van der Waals surface area contributed by atoms with E-state index >= 15 is 0 Å². The minimum absolute atomic E-state index is 0.00898. The first-order valence-corrected chi connectivity index (χ1v) is 9.95. The van der Waals surface area contributed by atoms with Crippen molar-refractivity contribution >= 4 is 5.82 Å². The van der Waals surface area contributed by atoms with Crippen molar-refractivity contribution < 1.29 is 8.91 Å². The maximum absolute atomic E-state index is 14.6. The first kappa shape index (κ1) is 19.4. The highest BCUT2D eigenvalue weighted by Gasteiger charge is 2.28. The van der Waals surface area contributed by atoms with Gasteiger partial charge >= 0.3 is 0 Å². The Balaban J connectivity index is 1.42. The van der Waals surface area contributed by atoms with E-state index in [0.29, 0.717) is 42.7 Å².